The first kappa shape index (κ1) is 10.2. The fraction of sp³-hybridized carbons (Fsp3) is 0.857. The van der Waals surface area contributed by atoms with E-state index in [1.807, 2.05) is 0 Å². The largest absolute Gasteiger partial charge is 0.198 e. The molecule has 0 radical (unpaired) electrons. The Morgan fingerprint density at radius 3 is 2.25 bits per heavy atom. The van der Waals surface area contributed by atoms with Gasteiger partial charge in [0.15, 0.2) is 0 Å². The highest BCUT2D eigenvalue weighted by molar-refractivity contribution is 5.09. The molecule has 3 atom stereocenters. The smallest absolute Gasteiger partial charge is 0.0627 e. The minimum Gasteiger partial charge on any atom is -0.198 e. The van der Waals surface area contributed by atoms with Gasteiger partial charge in [0.1, 0.15) is 0 Å². The van der Waals surface area contributed by atoms with Gasteiger partial charge in [-0.1, -0.05) is 0 Å². The van der Waals surface area contributed by atoms with Crippen molar-refractivity contribution in [3.05, 3.63) is 0 Å². The van der Waals surface area contributed by atoms with Crippen LogP contribution >= 0.6 is 0 Å². The van der Waals surface area contributed by atoms with E-state index in [9.17, 15) is 0 Å². The van der Waals surface area contributed by atoms with E-state index in [-0.39, 0.29) is 5.41 Å². The zero-order valence-electron chi connectivity index (χ0n) is 9.65. The summed E-state index contributed by atoms with van der Waals surface area (Å²) in [7, 11) is 0. The van der Waals surface area contributed by atoms with Gasteiger partial charge in [0, 0.05) is 12.8 Å². The molecule has 0 aromatic carbocycles. The highest BCUT2D eigenvalue weighted by Crippen LogP contribution is 2.64. The normalized spacial score (nSPS) is 48.6. The predicted octanol–water partition coefficient (Wildman–Crippen LogP) is 3.26. The number of nitrogens with zero attached hydrogens (tertiary/aromatic N) is 2. The van der Waals surface area contributed by atoms with E-state index in [2.05, 4.69) is 12.1 Å². The molecule has 4 bridgehead atoms. The molecule has 3 unspecified atom stereocenters. The average molecular weight is 214 g/mol. The van der Waals surface area contributed by atoms with Crippen molar-refractivity contribution in [1.82, 2.24) is 0 Å². The molecule has 16 heavy (non-hydrogen) atoms. The molecule has 4 fully saturated rings. The van der Waals surface area contributed by atoms with Gasteiger partial charge in [0.2, 0.25) is 0 Å². The Hall–Kier alpha value is -1.02. The molecule has 0 N–H and O–H groups in total. The minimum absolute atomic E-state index is 0.235. The lowest BCUT2D eigenvalue weighted by Gasteiger charge is -2.60. The number of nitriles is 2. The van der Waals surface area contributed by atoms with Gasteiger partial charge in [-0.25, -0.2) is 0 Å². The van der Waals surface area contributed by atoms with Crippen LogP contribution in [0.15, 0.2) is 0 Å². The summed E-state index contributed by atoms with van der Waals surface area (Å²) < 4.78 is 0. The van der Waals surface area contributed by atoms with E-state index in [0.29, 0.717) is 18.8 Å². The summed E-state index contributed by atoms with van der Waals surface area (Å²) in [5.41, 5.74) is 0.235. The Labute approximate surface area is 97.3 Å². The summed E-state index contributed by atoms with van der Waals surface area (Å²) in [4.78, 5) is 0. The van der Waals surface area contributed by atoms with Crippen LogP contribution in [0.25, 0.3) is 0 Å². The van der Waals surface area contributed by atoms with E-state index in [1.165, 1.54) is 32.1 Å². The molecule has 0 heterocycles. The molecular formula is C14H18N2. The molecule has 0 aromatic heterocycles. The van der Waals surface area contributed by atoms with Gasteiger partial charge in [0.05, 0.1) is 12.1 Å². The van der Waals surface area contributed by atoms with Gasteiger partial charge >= 0.3 is 0 Å². The molecule has 4 aliphatic carbocycles. The van der Waals surface area contributed by atoms with Gasteiger partial charge in [-0.2, -0.15) is 10.5 Å². The quantitative estimate of drug-likeness (QED) is 0.708. The molecule has 2 nitrogen and oxygen atoms in total. The Balaban J connectivity index is 1.93. The van der Waals surface area contributed by atoms with Gasteiger partial charge in [-0.05, 0) is 61.2 Å². The molecule has 4 saturated carbocycles. The van der Waals surface area contributed by atoms with E-state index in [1.54, 1.807) is 0 Å². The van der Waals surface area contributed by atoms with Crippen molar-refractivity contribution in [1.29, 1.82) is 10.5 Å². The first-order chi connectivity index (χ1) is 7.77. The monoisotopic (exact) mass is 214 g/mol. The van der Waals surface area contributed by atoms with Gasteiger partial charge in [-0.15, -0.1) is 0 Å². The third-order valence-electron chi connectivity index (χ3n) is 5.43. The fourth-order valence-electron chi connectivity index (χ4n) is 5.23. The van der Waals surface area contributed by atoms with Crippen LogP contribution in [0.2, 0.25) is 0 Å². The van der Waals surface area contributed by atoms with Crippen LogP contribution in [0.1, 0.15) is 44.9 Å². The lowest BCUT2D eigenvalue weighted by Crippen LogP contribution is -2.52. The van der Waals surface area contributed by atoms with Crippen LogP contribution in [-0.4, -0.2) is 0 Å². The molecule has 0 spiro atoms. The van der Waals surface area contributed by atoms with Gasteiger partial charge in [-0.3, -0.25) is 0 Å². The van der Waals surface area contributed by atoms with E-state index in [0.717, 1.165) is 17.8 Å². The van der Waals surface area contributed by atoms with E-state index in [4.69, 9.17) is 10.5 Å². The van der Waals surface area contributed by atoms with Crippen molar-refractivity contribution in [3.8, 4) is 12.1 Å². The average Bonchev–Trinajstić information content (AvgIpc) is 2.23. The molecule has 4 rings (SSSR count). The molecule has 0 amide bonds. The first-order valence-corrected chi connectivity index (χ1v) is 6.51. The van der Waals surface area contributed by atoms with Crippen LogP contribution in [0.5, 0.6) is 0 Å². The molecule has 84 valence electrons. The summed E-state index contributed by atoms with van der Waals surface area (Å²) >= 11 is 0. The maximum atomic E-state index is 9.08. The van der Waals surface area contributed by atoms with E-state index < -0.39 is 0 Å². The minimum atomic E-state index is 0.235. The molecule has 0 saturated heterocycles. The van der Waals surface area contributed by atoms with Crippen molar-refractivity contribution in [2.75, 3.05) is 0 Å². The third kappa shape index (κ3) is 1.29. The van der Waals surface area contributed by atoms with Crippen molar-refractivity contribution in [2.45, 2.75) is 44.9 Å². The second-order valence-electron chi connectivity index (χ2n) is 6.27. The Bertz CT molecular complexity index is 359. The molecular weight excluding hydrogens is 196 g/mol. The Morgan fingerprint density at radius 2 is 1.69 bits per heavy atom. The Morgan fingerprint density at radius 1 is 1.00 bits per heavy atom. The van der Waals surface area contributed by atoms with Crippen molar-refractivity contribution < 1.29 is 0 Å². The zero-order valence-corrected chi connectivity index (χ0v) is 9.65. The topological polar surface area (TPSA) is 47.6 Å². The summed E-state index contributed by atoms with van der Waals surface area (Å²) in [6.45, 7) is 0. The lowest BCUT2D eigenvalue weighted by atomic mass is 9.44. The summed E-state index contributed by atoms with van der Waals surface area (Å²) in [5, 5.41) is 18.1. The molecule has 0 aliphatic heterocycles. The predicted molar refractivity (Wildman–Crippen MR) is 59.9 cm³/mol. The van der Waals surface area contributed by atoms with Crippen LogP contribution in [-0.2, 0) is 0 Å². The number of hydrogen-bond donors (Lipinski definition) is 0. The van der Waals surface area contributed by atoms with Crippen molar-refractivity contribution >= 4 is 0 Å². The second-order valence-corrected chi connectivity index (χ2v) is 6.27. The zero-order chi connectivity index (χ0) is 11.2. The van der Waals surface area contributed by atoms with Crippen LogP contribution < -0.4 is 0 Å². The third-order valence-corrected chi connectivity index (χ3v) is 5.43. The molecule has 2 heteroatoms. The standard InChI is InChI=1S/C14H18N2/c15-3-1-13-12-6-10-5-11(7-12)9-14(13,8-10)2-4-16/h10-13H,1-2,5-9H2. The second kappa shape index (κ2) is 3.49. The molecule has 0 aromatic rings. The number of rotatable bonds is 2. The highest BCUT2D eigenvalue weighted by Gasteiger charge is 2.56. The van der Waals surface area contributed by atoms with Gasteiger partial charge in [0.25, 0.3) is 0 Å². The summed E-state index contributed by atoms with van der Waals surface area (Å²) in [6, 6.07) is 4.77. The highest BCUT2D eigenvalue weighted by atomic mass is 14.6. The molecule has 4 aliphatic rings. The van der Waals surface area contributed by atoms with Crippen molar-refractivity contribution in [2.24, 2.45) is 29.1 Å². The van der Waals surface area contributed by atoms with Crippen molar-refractivity contribution in [3.63, 3.8) is 0 Å². The Kier molecular flexibility index (Phi) is 2.21. The summed E-state index contributed by atoms with van der Waals surface area (Å²) in [5.74, 6) is 3.05. The van der Waals surface area contributed by atoms with Crippen LogP contribution in [0.3, 0.4) is 0 Å². The fourth-order valence-corrected chi connectivity index (χ4v) is 5.23. The summed E-state index contributed by atoms with van der Waals surface area (Å²) in [6.07, 6.45) is 7.95. The van der Waals surface area contributed by atoms with E-state index >= 15 is 0 Å². The maximum absolute atomic E-state index is 9.08. The van der Waals surface area contributed by atoms with Crippen LogP contribution in [0, 0.1) is 51.7 Å². The van der Waals surface area contributed by atoms with Crippen LogP contribution in [0.4, 0.5) is 0 Å². The SMILES string of the molecule is N#CCC1C2CC3CC(C2)CC1(CC#N)C3. The first-order valence-electron chi connectivity index (χ1n) is 6.51. The van der Waals surface area contributed by atoms with Gasteiger partial charge < -0.3 is 0 Å². The number of hydrogen-bond acceptors (Lipinski definition) is 2. The maximum Gasteiger partial charge on any atom is 0.0627 e. The lowest BCUT2D eigenvalue weighted by molar-refractivity contribution is -0.105.